The fraction of sp³-hybridized carbons (Fsp3) is 0.867. The van der Waals surface area contributed by atoms with Crippen molar-refractivity contribution in [3.63, 3.8) is 0 Å². The highest BCUT2D eigenvalue weighted by molar-refractivity contribution is 5.79. The molecule has 0 saturated carbocycles. The summed E-state index contributed by atoms with van der Waals surface area (Å²) in [5, 5.41) is 9.44. The lowest BCUT2D eigenvalue weighted by Crippen LogP contribution is -2.47. The van der Waals surface area contributed by atoms with Crippen LogP contribution in [-0.4, -0.2) is 72.7 Å². The maximum absolute atomic E-state index is 12.4. The van der Waals surface area contributed by atoms with E-state index in [4.69, 9.17) is 4.74 Å². The van der Waals surface area contributed by atoms with Crippen LogP contribution in [0.3, 0.4) is 0 Å². The van der Waals surface area contributed by atoms with Crippen LogP contribution in [0.5, 0.6) is 0 Å². The molecule has 2 aliphatic heterocycles. The van der Waals surface area contributed by atoms with Crippen LogP contribution in [0.25, 0.3) is 0 Å². The Balaban J connectivity index is 1.81. The minimum absolute atomic E-state index is 0.0731. The van der Waals surface area contributed by atoms with E-state index in [1.54, 1.807) is 0 Å². The third kappa shape index (κ3) is 3.74. The van der Waals surface area contributed by atoms with E-state index in [2.05, 4.69) is 11.8 Å². The molecule has 2 aliphatic rings. The van der Waals surface area contributed by atoms with E-state index < -0.39 is 0 Å². The Morgan fingerprint density at radius 1 is 1.19 bits per heavy atom. The minimum atomic E-state index is -0.171. The van der Waals surface area contributed by atoms with Gasteiger partial charge >= 0.3 is 5.97 Å². The smallest absolute Gasteiger partial charge is 0.308 e. The molecule has 0 aromatic carbocycles. The third-order valence-corrected chi connectivity index (χ3v) is 4.91. The first-order valence-electron chi connectivity index (χ1n) is 7.77. The number of likely N-dealkylation sites (tertiary alicyclic amines) is 2. The molecule has 1 amide bonds. The lowest BCUT2D eigenvalue weighted by Gasteiger charge is -2.33. The second kappa shape index (κ2) is 7.22. The van der Waals surface area contributed by atoms with Gasteiger partial charge in [0.2, 0.25) is 5.91 Å². The third-order valence-electron chi connectivity index (χ3n) is 4.91. The molecule has 120 valence electrons. The number of hydrogen-bond donors (Lipinski definition) is 1. The normalized spacial score (nSPS) is 27.9. The van der Waals surface area contributed by atoms with E-state index in [-0.39, 0.29) is 30.4 Å². The number of ether oxygens (including phenoxy) is 1. The van der Waals surface area contributed by atoms with Crippen LogP contribution in [0.1, 0.15) is 26.2 Å². The van der Waals surface area contributed by atoms with E-state index in [1.807, 2.05) is 4.90 Å². The molecule has 0 aliphatic carbocycles. The summed E-state index contributed by atoms with van der Waals surface area (Å²) in [6, 6.07) is 0.0987. The zero-order valence-corrected chi connectivity index (χ0v) is 13.0. The molecule has 21 heavy (non-hydrogen) atoms. The summed E-state index contributed by atoms with van der Waals surface area (Å²) in [6.45, 7) is 4.71. The van der Waals surface area contributed by atoms with Gasteiger partial charge in [-0.3, -0.25) is 14.5 Å². The predicted molar refractivity (Wildman–Crippen MR) is 77.5 cm³/mol. The molecule has 2 atom stereocenters. The van der Waals surface area contributed by atoms with Crippen LogP contribution in [-0.2, 0) is 14.3 Å². The summed E-state index contributed by atoms with van der Waals surface area (Å²) in [5.74, 6) is 0.297. The molecule has 1 N–H and O–H groups in total. The Hall–Kier alpha value is -1.14. The number of carbonyl (C=O) groups is 2. The number of amides is 1. The lowest BCUT2D eigenvalue weighted by atomic mass is 9.97. The molecule has 2 heterocycles. The average molecular weight is 298 g/mol. The number of methoxy groups -OCH3 is 1. The van der Waals surface area contributed by atoms with Crippen LogP contribution in [0.15, 0.2) is 0 Å². The Morgan fingerprint density at radius 3 is 2.43 bits per heavy atom. The molecule has 6 nitrogen and oxygen atoms in total. The molecule has 0 bridgehead atoms. The summed E-state index contributed by atoms with van der Waals surface area (Å²) in [5.41, 5.74) is 0. The molecule has 2 fully saturated rings. The summed E-state index contributed by atoms with van der Waals surface area (Å²) in [4.78, 5) is 27.7. The number of nitrogens with zero attached hydrogens (tertiary/aromatic N) is 2. The number of rotatable bonds is 4. The standard InChI is InChI=1S/C15H26N2O4/c1-11-3-6-17(13(11)10-18)9-14(19)16-7-4-12(5-8-16)15(20)21-2/h11-13,18H,3-10H2,1-2H3. The van der Waals surface area contributed by atoms with E-state index in [1.165, 1.54) is 7.11 Å². The van der Waals surface area contributed by atoms with Gasteiger partial charge in [-0.25, -0.2) is 0 Å². The maximum atomic E-state index is 12.4. The minimum Gasteiger partial charge on any atom is -0.469 e. The van der Waals surface area contributed by atoms with Crippen molar-refractivity contribution in [2.24, 2.45) is 11.8 Å². The van der Waals surface area contributed by atoms with E-state index in [0.717, 1.165) is 13.0 Å². The van der Waals surface area contributed by atoms with Crippen molar-refractivity contribution >= 4 is 11.9 Å². The van der Waals surface area contributed by atoms with Crippen molar-refractivity contribution < 1.29 is 19.4 Å². The van der Waals surface area contributed by atoms with Gasteiger partial charge in [-0.15, -0.1) is 0 Å². The Bertz CT molecular complexity index is 380. The summed E-state index contributed by atoms with van der Waals surface area (Å²) in [7, 11) is 1.41. The molecule has 0 aromatic heterocycles. The molecule has 2 saturated heterocycles. The van der Waals surface area contributed by atoms with Crippen molar-refractivity contribution in [1.82, 2.24) is 9.80 Å². The molecule has 0 radical (unpaired) electrons. The van der Waals surface area contributed by atoms with Gasteiger partial charge in [0.25, 0.3) is 0 Å². The number of esters is 1. The SMILES string of the molecule is COC(=O)C1CCN(C(=O)CN2CCC(C)C2CO)CC1. The Kier molecular flexibility index (Phi) is 5.58. The van der Waals surface area contributed by atoms with E-state index in [0.29, 0.717) is 38.4 Å². The zero-order chi connectivity index (χ0) is 15.4. The second-order valence-electron chi connectivity index (χ2n) is 6.16. The predicted octanol–water partition coefficient (Wildman–Crippen LogP) is 0.101. The molecule has 0 aromatic rings. The van der Waals surface area contributed by atoms with Gasteiger partial charge in [-0.1, -0.05) is 6.92 Å². The van der Waals surface area contributed by atoms with Gasteiger partial charge in [0.1, 0.15) is 0 Å². The van der Waals surface area contributed by atoms with Crippen LogP contribution in [0.2, 0.25) is 0 Å². The summed E-state index contributed by atoms with van der Waals surface area (Å²) in [6.07, 6.45) is 2.39. The largest absolute Gasteiger partial charge is 0.469 e. The summed E-state index contributed by atoms with van der Waals surface area (Å²) >= 11 is 0. The first-order chi connectivity index (χ1) is 10.1. The molecular formula is C15H26N2O4. The highest BCUT2D eigenvalue weighted by Crippen LogP contribution is 2.24. The monoisotopic (exact) mass is 298 g/mol. The van der Waals surface area contributed by atoms with Crippen molar-refractivity contribution in [3.8, 4) is 0 Å². The second-order valence-corrected chi connectivity index (χ2v) is 6.16. The summed E-state index contributed by atoms with van der Waals surface area (Å²) < 4.78 is 4.76. The first-order valence-corrected chi connectivity index (χ1v) is 7.77. The van der Waals surface area contributed by atoms with Gasteiger partial charge < -0.3 is 14.7 Å². The van der Waals surface area contributed by atoms with E-state index in [9.17, 15) is 14.7 Å². The number of hydrogen-bond acceptors (Lipinski definition) is 5. The zero-order valence-electron chi connectivity index (χ0n) is 13.0. The van der Waals surface area contributed by atoms with E-state index >= 15 is 0 Å². The first kappa shape index (κ1) is 16.2. The van der Waals surface area contributed by atoms with Crippen molar-refractivity contribution in [2.75, 3.05) is 39.9 Å². The number of aliphatic hydroxyl groups excluding tert-OH is 1. The fourth-order valence-corrected chi connectivity index (χ4v) is 3.38. The number of aliphatic hydroxyl groups is 1. The van der Waals surface area contributed by atoms with Crippen molar-refractivity contribution in [3.05, 3.63) is 0 Å². The molecule has 0 spiro atoms. The lowest BCUT2D eigenvalue weighted by molar-refractivity contribution is -0.149. The quantitative estimate of drug-likeness (QED) is 0.746. The van der Waals surface area contributed by atoms with Gasteiger partial charge in [0, 0.05) is 19.1 Å². The molecule has 6 heteroatoms. The Labute approximate surface area is 126 Å². The molecule has 2 unspecified atom stereocenters. The average Bonchev–Trinajstić information content (AvgIpc) is 2.86. The highest BCUT2D eigenvalue weighted by atomic mass is 16.5. The maximum Gasteiger partial charge on any atom is 0.308 e. The number of piperidine rings is 1. The Morgan fingerprint density at radius 2 is 1.86 bits per heavy atom. The molecular weight excluding hydrogens is 272 g/mol. The number of carbonyl (C=O) groups excluding carboxylic acids is 2. The van der Waals surface area contributed by atoms with Gasteiger partial charge in [0.05, 0.1) is 26.2 Å². The van der Waals surface area contributed by atoms with Crippen LogP contribution in [0.4, 0.5) is 0 Å². The van der Waals surface area contributed by atoms with Crippen molar-refractivity contribution in [2.45, 2.75) is 32.2 Å². The topological polar surface area (TPSA) is 70.1 Å². The van der Waals surface area contributed by atoms with Gasteiger partial charge in [0.15, 0.2) is 0 Å². The molecule has 2 rings (SSSR count). The van der Waals surface area contributed by atoms with Crippen LogP contribution >= 0.6 is 0 Å². The van der Waals surface area contributed by atoms with Gasteiger partial charge in [-0.2, -0.15) is 0 Å². The van der Waals surface area contributed by atoms with Crippen molar-refractivity contribution in [1.29, 1.82) is 0 Å². The van der Waals surface area contributed by atoms with Crippen LogP contribution < -0.4 is 0 Å². The highest BCUT2D eigenvalue weighted by Gasteiger charge is 2.34. The van der Waals surface area contributed by atoms with Crippen LogP contribution in [0, 0.1) is 11.8 Å². The fourth-order valence-electron chi connectivity index (χ4n) is 3.38. The van der Waals surface area contributed by atoms with Gasteiger partial charge in [-0.05, 0) is 31.7 Å².